The molecular formula is C36H75NO2. The first-order chi connectivity index (χ1) is 19.3. The van der Waals surface area contributed by atoms with E-state index in [1.54, 1.807) is 0 Å². The number of hydrogen-bond donors (Lipinski definition) is 3. The zero-order chi connectivity index (χ0) is 28.5. The minimum atomic E-state index is -0.413. The smallest absolute Gasteiger partial charge is 0.0715 e. The molecule has 0 aromatic rings. The molecule has 0 aliphatic carbocycles. The van der Waals surface area contributed by atoms with Crippen LogP contribution < -0.4 is 5.32 Å². The lowest BCUT2D eigenvalue weighted by molar-refractivity contribution is 0.0810. The van der Waals surface area contributed by atoms with Gasteiger partial charge in [0.2, 0.25) is 0 Å². The fraction of sp³-hybridized carbons (Fsp3) is 1.00. The zero-order valence-corrected chi connectivity index (χ0v) is 27.2. The van der Waals surface area contributed by atoms with Crippen LogP contribution in [0.25, 0.3) is 0 Å². The topological polar surface area (TPSA) is 52.5 Å². The highest BCUT2D eigenvalue weighted by Gasteiger charge is 2.16. The van der Waals surface area contributed by atoms with E-state index in [1.807, 2.05) is 0 Å². The van der Waals surface area contributed by atoms with E-state index in [9.17, 15) is 10.2 Å². The summed E-state index contributed by atoms with van der Waals surface area (Å²) in [4.78, 5) is 0. The highest BCUT2D eigenvalue weighted by molar-refractivity contribution is 4.75. The van der Waals surface area contributed by atoms with E-state index in [2.05, 4.69) is 19.2 Å². The third-order valence-electron chi connectivity index (χ3n) is 8.70. The van der Waals surface area contributed by atoms with E-state index in [0.29, 0.717) is 0 Å². The monoisotopic (exact) mass is 554 g/mol. The second-order valence-electron chi connectivity index (χ2n) is 12.6. The molecule has 0 aliphatic rings. The molecule has 0 saturated heterocycles. The van der Waals surface area contributed by atoms with Gasteiger partial charge in [0, 0.05) is 0 Å². The van der Waals surface area contributed by atoms with Crippen LogP contribution in [-0.2, 0) is 0 Å². The Morgan fingerprint density at radius 2 is 0.692 bits per heavy atom. The van der Waals surface area contributed by atoms with Gasteiger partial charge in [0.05, 0.1) is 18.8 Å². The molecule has 0 unspecified atom stereocenters. The van der Waals surface area contributed by atoms with Gasteiger partial charge in [0.1, 0.15) is 0 Å². The van der Waals surface area contributed by atoms with E-state index in [4.69, 9.17) is 0 Å². The van der Waals surface area contributed by atoms with Crippen LogP contribution in [0.15, 0.2) is 0 Å². The SMILES string of the molecule is CCCCCCCCCCCCCCCCCCN[C@@H](CO)[C@H](O)CCCCCCCCCCCCCCC. The molecule has 0 amide bonds. The van der Waals surface area contributed by atoms with Crippen LogP contribution in [0, 0.1) is 0 Å². The van der Waals surface area contributed by atoms with Crippen molar-refractivity contribution in [3.63, 3.8) is 0 Å². The average molecular weight is 554 g/mol. The molecule has 0 saturated carbocycles. The first-order valence-corrected chi connectivity index (χ1v) is 18.3. The fourth-order valence-electron chi connectivity index (χ4n) is 5.86. The van der Waals surface area contributed by atoms with E-state index in [-0.39, 0.29) is 12.6 Å². The summed E-state index contributed by atoms with van der Waals surface area (Å²) in [5, 5.41) is 23.6. The third-order valence-corrected chi connectivity index (χ3v) is 8.70. The number of nitrogens with one attached hydrogen (secondary N) is 1. The summed E-state index contributed by atoms with van der Waals surface area (Å²) in [6, 6.07) is -0.154. The van der Waals surface area contributed by atoms with Crippen LogP contribution in [-0.4, -0.2) is 35.5 Å². The van der Waals surface area contributed by atoms with Crippen LogP contribution in [0.4, 0.5) is 0 Å². The Balaban J connectivity index is 3.38. The van der Waals surface area contributed by atoms with Gasteiger partial charge >= 0.3 is 0 Å². The Hall–Kier alpha value is -0.120. The average Bonchev–Trinajstić information content (AvgIpc) is 2.95. The Morgan fingerprint density at radius 3 is 1.00 bits per heavy atom. The second-order valence-corrected chi connectivity index (χ2v) is 12.6. The van der Waals surface area contributed by atoms with Gasteiger partial charge in [-0.3, -0.25) is 0 Å². The Bertz CT molecular complexity index is 430. The third kappa shape index (κ3) is 30.7. The van der Waals surface area contributed by atoms with Crippen molar-refractivity contribution in [1.82, 2.24) is 5.32 Å². The van der Waals surface area contributed by atoms with Gasteiger partial charge in [-0.05, 0) is 19.4 Å². The summed E-state index contributed by atoms with van der Waals surface area (Å²) in [6.45, 7) is 5.53. The quantitative estimate of drug-likeness (QED) is 0.0694. The van der Waals surface area contributed by atoms with Gasteiger partial charge in [-0.2, -0.15) is 0 Å². The van der Waals surface area contributed by atoms with Crippen LogP contribution >= 0.6 is 0 Å². The van der Waals surface area contributed by atoms with Gasteiger partial charge in [-0.25, -0.2) is 0 Å². The Labute approximate surface area is 247 Å². The molecule has 39 heavy (non-hydrogen) atoms. The lowest BCUT2D eigenvalue weighted by atomic mass is 10.0. The number of hydrogen-bond acceptors (Lipinski definition) is 3. The largest absolute Gasteiger partial charge is 0.395 e. The van der Waals surface area contributed by atoms with Crippen molar-refractivity contribution >= 4 is 0 Å². The first kappa shape index (κ1) is 38.9. The molecule has 0 radical (unpaired) electrons. The normalized spacial score (nSPS) is 13.2. The van der Waals surface area contributed by atoms with E-state index in [1.165, 1.54) is 173 Å². The number of aliphatic hydroxyl groups is 2. The molecule has 0 aromatic heterocycles. The maximum atomic E-state index is 10.5. The standard InChI is InChI=1S/C36H75NO2/c1-3-5-7-9-11-13-15-17-18-19-21-23-25-27-29-31-33-37-35(34-38)36(39)32-30-28-26-24-22-20-16-14-12-10-8-6-4-2/h35-39H,3-34H2,1-2H3/t35-,36+/m0/s1. The molecule has 3 nitrogen and oxygen atoms in total. The minimum Gasteiger partial charge on any atom is -0.395 e. The number of aliphatic hydroxyl groups excluding tert-OH is 2. The summed E-state index contributed by atoms with van der Waals surface area (Å²) in [5.74, 6) is 0. The maximum absolute atomic E-state index is 10.5. The van der Waals surface area contributed by atoms with E-state index >= 15 is 0 Å². The summed E-state index contributed by atoms with van der Waals surface area (Å²) in [7, 11) is 0. The van der Waals surface area contributed by atoms with Crippen molar-refractivity contribution in [3.8, 4) is 0 Å². The van der Waals surface area contributed by atoms with Gasteiger partial charge in [0.15, 0.2) is 0 Å². The van der Waals surface area contributed by atoms with Gasteiger partial charge < -0.3 is 15.5 Å². The fourth-order valence-corrected chi connectivity index (χ4v) is 5.86. The van der Waals surface area contributed by atoms with Crippen LogP contribution in [0.2, 0.25) is 0 Å². The van der Waals surface area contributed by atoms with Crippen molar-refractivity contribution in [1.29, 1.82) is 0 Å². The molecule has 0 aliphatic heterocycles. The van der Waals surface area contributed by atoms with E-state index < -0.39 is 6.10 Å². The van der Waals surface area contributed by atoms with Crippen molar-refractivity contribution in [2.24, 2.45) is 0 Å². The predicted octanol–water partition coefficient (Wildman–Crippen LogP) is 11.0. The predicted molar refractivity (Wildman–Crippen MR) is 175 cm³/mol. The van der Waals surface area contributed by atoms with Crippen LogP contribution in [0.3, 0.4) is 0 Å². The number of rotatable bonds is 34. The summed E-state index contributed by atoms with van der Waals surface area (Å²) >= 11 is 0. The minimum absolute atomic E-state index is 0.0401. The molecule has 0 heterocycles. The Kier molecular flexibility index (Phi) is 34.0. The van der Waals surface area contributed by atoms with Crippen molar-refractivity contribution in [3.05, 3.63) is 0 Å². The molecule has 0 fully saturated rings. The van der Waals surface area contributed by atoms with Gasteiger partial charge in [-0.15, -0.1) is 0 Å². The number of unbranched alkanes of at least 4 members (excludes halogenated alkanes) is 27. The molecule has 0 aromatic carbocycles. The molecule has 3 N–H and O–H groups in total. The summed E-state index contributed by atoms with van der Waals surface area (Å²) in [6.07, 6.45) is 40.2. The van der Waals surface area contributed by atoms with Gasteiger partial charge in [-0.1, -0.05) is 194 Å². The zero-order valence-electron chi connectivity index (χ0n) is 27.2. The maximum Gasteiger partial charge on any atom is 0.0715 e. The second kappa shape index (κ2) is 34.1. The molecule has 0 rings (SSSR count). The van der Waals surface area contributed by atoms with Crippen molar-refractivity contribution in [2.45, 2.75) is 219 Å². The van der Waals surface area contributed by atoms with Gasteiger partial charge in [0.25, 0.3) is 0 Å². The molecule has 0 bridgehead atoms. The molecule has 3 heteroatoms. The molecule has 236 valence electrons. The molecular weight excluding hydrogens is 478 g/mol. The first-order valence-electron chi connectivity index (χ1n) is 18.3. The lowest BCUT2D eigenvalue weighted by Gasteiger charge is -2.22. The highest BCUT2D eigenvalue weighted by Crippen LogP contribution is 2.15. The summed E-state index contributed by atoms with van der Waals surface area (Å²) < 4.78 is 0. The summed E-state index contributed by atoms with van der Waals surface area (Å²) in [5.41, 5.74) is 0. The van der Waals surface area contributed by atoms with Crippen molar-refractivity contribution < 1.29 is 10.2 Å². The van der Waals surface area contributed by atoms with Crippen LogP contribution in [0.1, 0.15) is 206 Å². The molecule has 2 atom stereocenters. The lowest BCUT2D eigenvalue weighted by Crippen LogP contribution is -2.43. The van der Waals surface area contributed by atoms with Crippen LogP contribution in [0.5, 0.6) is 0 Å². The van der Waals surface area contributed by atoms with Crippen molar-refractivity contribution in [2.75, 3.05) is 13.2 Å². The Morgan fingerprint density at radius 1 is 0.410 bits per heavy atom. The van der Waals surface area contributed by atoms with E-state index in [0.717, 1.165) is 25.8 Å². The molecule has 0 spiro atoms. The highest BCUT2D eigenvalue weighted by atomic mass is 16.3.